The summed E-state index contributed by atoms with van der Waals surface area (Å²) in [5.74, 6) is 0.201. The molecule has 1 fully saturated rings. The summed E-state index contributed by atoms with van der Waals surface area (Å²) in [7, 11) is 0. The summed E-state index contributed by atoms with van der Waals surface area (Å²) in [6, 6.07) is 14.7. The first kappa shape index (κ1) is 17.9. The SMILES string of the molecule is Cc1ccc(-c2nnc(CN3C(=O)NC(C)(c4ccc(C)cc4)C3=O)o2)cc1. The number of aromatic nitrogens is 2. The number of benzene rings is 2. The second-order valence-corrected chi connectivity index (χ2v) is 7.18. The third-order valence-electron chi connectivity index (χ3n) is 4.96. The molecule has 1 aliphatic heterocycles. The van der Waals surface area contributed by atoms with Crippen molar-refractivity contribution in [3.05, 3.63) is 71.1 Å². The average molecular weight is 376 g/mol. The molecule has 142 valence electrons. The van der Waals surface area contributed by atoms with E-state index in [4.69, 9.17) is 4.42 Å². The maximum Gasteiger partial charge on any atom is 0.325 e. The number of imide groups is 1. The number of carbonyl (C=O) groups is 2. The van der Waals surface area contributed by atoms with Gasteiger partial charge < -0.3 is 9.73 Å². The van der Waals surface area contributed by atoms with Gasteiger partial charge in [0.1, 0.15) is 12.1 Å². The normalized spacial score (nSPS) is 19.2. The van der Waals surface area contributed by atoms with Crippen LogP contribution >= 0.6 is 0 Å². The van der Waals surface area contributed by atoms with Crippen LogP contribution in [0.4, 0.5) is 4.79 Å². The van der Waals surface area contributed by atoms with Crippen LogP contribution in [0.15, 0.2) is 52.9 Å². The number of hydrogen-bond acceptors (Lipinski definition) is 5. The first-order valence-electron chi connectivity index (χ1n) is 8.97. The molecule has 0 radical (unpaired) electrons. The van der Waals surface area contributed by atoms with Gasteiger partial charge in [0.25, 0.3) is 5.91 Å². The molecular weight excluding hydrogens is 356 g/mol. The summed E-state index contributed by atoms with van der Waals surface area (Å²) in [6.07, 6.45) is 0. The van der Waals surface area contributed by atoms with Crippen molar-refractivity contribution in [3.63, 3.8) is 0 Å². The molecule has 2 heterocycles. The molecule has 1 atom stereocenters. The molecule has 1 aliphatic rings. The molecule has 3 aromatic rings. The zero-order valence-electron chi connectivity index (χ0n) is 15.9. The van der Waals surface area contributed by atoms with Gasteiger partial charge in [0, 0.05) is 5.56 Å². The van der Waals surface area contributed by atoms with Crippen LogP contribution in [-0.2, 0) is 16.9 Å². The Morgan fingerprint density at radius 2 is 1.57 bits per heavy atom. The van der Waals surface area contributed by atoms with Crippen LogP contribution in [0.2, 0.25) is 0 Å². The van der Waals surface area contributed by atoms with Gasteiger partial charge in [-0.3, -0.25) is 9.69 Å². The summed E-state index contributed by atoms with van der Waals surface area (Å²) >= 11 is 0. The number of nitrogens with one attached hydrogen (secondary N) is 1. The van der Waals surface area contributed by atoms with Crippen LogP contribution in [0.1, 0.15) is 29.5 Å². The van der Waals surface area contributed by atoms with Crippen LogP contribution in [0.5, 0.6) is 0 Å². The van der Waals surface area contributed by atoms with E-state index in [1.54, 1.807) is 6.92 Å². The molecule has 1 unspecified atom stereocenters. The van der Waals surface area contributed by atoms with Crippen molar-refractivity contribution in [2.45, 2.75) is 32.9 Å². The monoisotopic (exact) mass is 376 g/mol. The molecule has 0 saturated carbocycles. The highest BCUT2D eigenvalue weighted by Crippen LogP contribution is 2.30. The minimum Gasteiger partial charge on any atom is -0.419 e. The first-order valence-corrected chi connectivity index (χ1v) is 8.97. The zero-order chi connectivity index (χ0) is 19.9. The fraction of sp³-hybridized carbons (Fsp3) is 0.238. The Morgan fingerprint density at radius 3 is 2.21 bits per heavy atom. The van der Waals surface area contributed by atoms with Crippen LogP contribution in [0.25, 0.3) is 11.5 Å². The van der Waals surface area contributed by atoms with E-state index >= 15 is 0 Å². The van der Waals surface area contributed by atoms with Crippen molar-refractivity contribution in [2.75, 3.05) is 0 Å². The topological polar surface area (TPSA) is 88.3 Å². The summed E-state index contributed by atoms with van der Waals surface area (Å²) in [5.41, 5.74) is 2.59. The maximum atomic E-state index is 13.0. The number of aryl methyl sites for hydroxylation is 2. The number of nitrogens with zero attached hydrogens (tertiary/aromatic N) is 3. The van der Waals surface area contributed by atoms with Gasteiger partial charge in [0.05, 0.1) is 0 Å². The Balaban J connectivity index is 1.55. The highest BCUT2D eigenvalue weighted by Gasteiger charge is 2.49. The summed E-state index contributed by atoms with van der Waals surface area (Å²) < 4.78 is 5.66. The smallest absolute Gasteiger partial charge is 0.325 e. The van der Waals surface area contributed by atoms with Crippen molar-refractivity contribution in [1.29, 1.82) is 0 Å². The summed E-state index contributed by atoms with van der Waals surface area (Å²) in [6.45, 7) is 5.58. The van der Waals surface area contributed by atoms with Crippen LogP contribution < -0.4 is 5.32 Å². The summed E-state index contributed by atoms with van der Waals surface area (Å²) in [5, 5.41) is 10.8. The van der Waals surface area contributed by atoms with E-state index in [1.165, 1.54) is 0 Å². The highest BCUT2D eigenvalue weighted by molar-refractivity contribution is 6.07. The minimum atomic E-state index is -1.12. The Bertz CT molecular complexity index is 1040. The molecule has 0 bridgehead atoms. The molecule has 1 aromatic heterocycles. The molecule has 1 saturated heterocycles. The van der Waals surface area contributed by atoms with Gasteiger partial charge in [-0.1, -0.05) is 47.5 Å². The van der Waals surface area contributed by atoms with Crippen LogP contribution in [0.3, 0.4) is 0 Å². The standard InChI is InChI=1S/C21H20N4O3/c1-13-4-8-15(9-5-13)18-24-23-17(28-18)12-25-19(26)21(3,22-20(25)27)16-10-6-14(2)7-11-16/h4-11H,12H2,1-3H3,(H,22,27). The predicted octanol–water partition coefficient (Wildman–Crippen LogP) is 3.32. The Labute approximate surface area is 162 Å². The van der Waals surface area contributed by atoms with Gasteiger partial charge >= 0.3 is 6.03 Å². The van der Waals surface area contributed by atoms with E-state index in [0.717, 1.165) is 27.2 Å². The van der Waals surface area contributed by atoms with Crippen molar-refractivity contribution in [1.82, 2.24) is 20.4 Å². The van der Waals surface area contributed by atoms with E-state index in [2.05, 4.69) is 15.5 Å². The van der Waals surface area contributed by atoms with E-state index in [-0.39, 0.29) is 18.3 Å². The van der Waals surface area contributed by atoms with Crippen molar-refractivity contribution >= 4 is 11.9 Å². The number of urea groups is 1. The van der Waals surface area contributed by atoms with Gasteiger partial charge in [-0.2, -0.15) is 0 Å². The third-order valence-corrected chi connectivity index (χ3v) is 4.96. The molecule has 0 spiro atoms. The average Bonchev–Trinajstić information content (AvgIpc) is 3.22. The van der Waals surface area contributed by atoms with E-state index in [9.17, 15) is 9.59 Å². The minimum absolute atomic E-state index is 0.0784. The fourth-order valence-electron chi connectivity index (χ4n) is 3.19. The second kappa shape index (κ2) is 6.60. The Kier molecular flexibility index (Phi) is 4.22. The first-order chi connectivity index (χ1) is 13.4. The van der Waals surface area contributed by atoms with Gasteiger partial charge in [-0.25, -0.2) is 4.79 Å². The molecule has 7 heteroatoms. The summed E-state index contributed by atoms with van der Waals surface area (Å²) in [4.78, 5) is 26.6. The maximum absolute atomic E-state index is 13.0. The molecular formula is C21H20N4O3. The zero-order valence-corrected chi connectivity index (χ0v) is 15.9. The van der Waals surface area contributed by atoms with Crippen molar-refractivity contribution in [2.24, 2.45) is 0 Å². The number of carbonyl (C=O) groups excluding carboxylic acids is 2. The molecule has 2 aromatic carbocycles. The van der Waals surface area contributed by atoms with E-state index < -0.39 is 11.6 Å². The lowest BCUT2D eigenvalue weighted by molar-refractivity contribution is -0.131. The predicted molar refractivity (Wildman–Crippen MR) is 102 cm³/mol. The van der Waals surface area contributed by atoms with Crippen molar-refractivity contribution < 1.29 is 14.0 Å². The lowest BCUT2D eigenvalue weighted by Gasteiger charge is -2.22. The van der Waals surface area contributed by atoms with Crippen LogP contribution in [-0.4, -0.2) is 27.0 Å². The number of rotatable bonds is 4. The van der Waals surface area contributed by atoms with Gasteiger partial charge in [-0.15, -0.1) is 10.2 Å². The Hall–Kier alpha value is -3.48. The van der Waals surface area contributed by atoms with Crippen molar-refractivity contribution in [3.8, 4) is 11.5 Å². The highest BCUT2D eigenvalue weighted by atomic mass is 16.4. The lowest BCUT2D eigenvalue weighted by atomic mass is 9.91. The van der Waals surface area contributed by atoms with Gasteiger partial charge in [0.15, 0.2) is 0 Å². The molecule has 0 aliphatic carbocycles. The van der Waals surface area contributed by atoms with E-state index in [1.807, 2.05) is 62.4 Å². The third kappa shape index (κ3) is 3.05. The molecule has 7 nitrogen and oxygen atoms in total. The van der Waals surface area contributed by atoms with Gasteiger partial charge in [0.2, 0.25) is 11.8 Å². The largest absolute Gasteiger partial charge is 0.419 e. The quantitative estimate of drug-likeness (QED) is 0.706. The number of hydrogen-bond donors (Lipinski definition) is 1. The number of amides is 3. The molecule has 1 N–H and O–H groups in total. The molecule has 3 amide bonds. The molecule has 4 rings (SSSR count). The second-order valence-electron chi connectivity index (χ2n) is 7.18. The fourth-order valence-corrected chi connectivity index (χ4v) is 3.19. The van der Waals surface area contributed by atoms with Crippen LogP contribution in [0, 0.1) is 13.8 Å². The lowest BCUT2D eigenvalue weighted by Crippen LogP contribution is -2.40. The van der Waals surface area contributed by atoms with E-state index in [0.29, 0.717) is 5.89 Å². The molecule has 28 heavy (non-hydrogen) atoms. The Morgan fingerprint density at radius 1 is 0.964 bits per heavy atom. The van der Waals surface area contributed by atoms with Gasteiger partial charge in [-0.05, 0) is 38.5 Å².